The highest BCUT2D eigenvalue weighted by Crippen LogP contribution is 2.21. The Kier molecular flexibility index (Phi) is 2.88. The van der Waals surface area contributed by atoms with Crippen LogP contribution < -0.4 is 0 Å². The predicted molar refractivity (Wildman–Crippen MR) is 49.8 cm³/mol. The smallest absolute Gasteiger partial charge is 0.284 e. The Morgan fingerprint density at radius 2 is 2.00 bits per heavy atom. The zero-order valence-electron chi connectivity index (χ0n) is 7.59. The minimum Gasteiger partial charge on any atom is -0.416 e. The molecule has 68 valence electrons. The van der Waals surface area contributed by atoms with Gasteiger partial charge in [0, 0.05) is 22.4 Å². The van der Waals surface area contributed by atoms with Gasteiger partial charge in [0.2, 0.25) is 5.89 Å². The molecule has 0 aliphatic heterocycles. The van der Waals surface area contributed by atoms with Crippen LogP contribution in [0.5, 0.6) is 0 Å². The van der Waals surface area contributed by atoms with Crippen molar-refractivity contribution in [2.45, 2.75) is 33.6 Å². The fourth-order valence-electron chi connectivity index (χ4n) is 0.816. The molecule has 0 atom stereocenters. The third-order valence-corrected chi connectivity index (χ3v) is 1.85. The van der Waals surface area contributed by atoms with Crippen LogP contribution in [-0.4, -0.2) is 10.2 Å². The molecule has 0 aromatic carbocycles. The maximum atomic E-state index is 5.17. The molecule has 12 heavy (non-hydrogen) atoms. The second kappa shape index (κ2) is 3.56. The molecule has 0 aliphatic rings. The van der Waals surface area contributed by atoms with E-state index in [2.05, 4.69) is 46.9 Å². The largest absolute Gasteiger partial charge is 0.416 e. The summed E-state index contributed by atoms with van der Waals surface area (Å²) in [5.74, 6) is 0.705. The Labute approximate surface area is 80.7 Å². The molecule has 0 unspecified atom stereocenters. The minimum absolute atomic E-state index is 0.320. The number of aromatic nitrogens is 2. The van der Waals surface area contributed by atoms with Gasteiger partial charge in [-0.15, -0.1) is 10.2 Å². The molecule has 0 radical (unpaired) electrons. The van der Waals surface area contributed by atoms with Crippen LogP contribution >= 0.6 is 15.9 Å². The van der Waals surface area contributed by atoms with Crippen LogP contribution in [0.1, 0.15) is 33.1 Å². The van der Waals surface area contributed by atoms with Crippen LogP contribution in [0.25, 0.3) is 0 Å². The lowest BCUT2D eigenvalue weighted by molar-refractivity contribution is 0.352. The van der Waals surface area contributed by atoms with Crippen molar-refractivity contribution in [3.8, 4) is 0 Å². The van der Waals surface area contributed by atoms with Gasteiger partial charge in [0.15, 0.2) is 0 Å². The standard InChI is InChI=1S/C8H13BrN2O/c1-8(2,3)5-4-6-10-11-7(9)12-6/h4-5H2,1-3H3. The summed E-state index contributed by atoms with van der Waals surface area (Å²) >= 11 is 3.11. The van der Waals surface area contributed by atoms with Gasteiger partial charge in [0.25, 0.3) is 4.80 Å². The molecule has 0 N–H and O–H groups in total. The Morgan fingerprint density at radius 3 is 2.42 bits per heavy atom. The summed E-state index contributed by atoms with van der Waals surface area (Å²) in [6.07, 6.45) is 1.91. The minimum atomic E-state index is 0.320. The number of nitrogens with zero attached hydrogens (tertiary/aromatic N) is 2. The van der Waals surface area contributed by atoms with E-state index in [9.17, 15) is 0 Å². The first-order valence-corrected chi connectivity index (χ1v) is 4.74. The molecular formula is C8H13BrN2O. The Bertz CT molecular complexity index is 252. The average Bonchev–Trinajstić information content (AvgIpc) is 2.30. The number of aryl methyl sites for hydroxylation is 1. The van der Waals surface area contributed by atoms with Crippen molar-refractivity contribution >= 4 is 15.9 Å². The predicted octanol–water partition coefficient (Wildman–Crippen LogP) is 2.81. The van der Waals surface area contributed by atoms with Gasteiger partial charge in [-0.2, -0.15) is 0 Å². The molecule has 0 bridgehead atoms. The summed E-state index contributed by atoms with van der Waals surface area (Å²) in [5, 5.41) is 7.57. The van der Waals surface area contributed by atoms with Gasteiger partial charge in [-0.25, -0.2) is 0 Å². The fraction of sp³-hybridized carbons (Fsp3) is 0.750. The van der Waals surface area contributed by atoms with E-state index in [0.29, 0.717) is 16.1 Å². The quantitative estimate of drug-likeness (QED) is 0.788. The van der Waals surface area contributed by atoms with Gasteiger partial charge in [-0.1, -0.05) is 20.8 Å². The SMILES string of the molecule is CC(C)(C)CCc1nnc(Br)o1. The highest BCUT2D eigenvalue weighted by molar-refractivity contribution is 9.10. The fourth-order valence-corrected chi connectivity index (χ4v) is 1.08. The van der Waals surface area contributed by atoms with Crippen molar-refractivity contribution in [3.63, 3.8) is 0 Å². The molecule has 1 aromatic heterocycles. The van der Waals surface area contributed by atoms with Crippen molar-refractivity contribution in [1.82, 2.24) is 10.2 Å². The van der Waals surface area contributed by atoms with Crippen molar-refractivity contribution in [2.24, 2.45) is 5.41 Å². The number of rotatable bonds is 2. The molecule has 0 aliphatic carbocycles. The summed E-state index contributed by atoms with van der Waals surface area (Å²) in [4.78, 5) is 0.464. The van der Waals surface area contributed by atoms with Crippen molar-refractivity contribution < 1.29 is 4.42 Å². The Hall–Kier alpha value is -0.380. The van der Waals surface area contributed by atoms with Gasteiger partial charge in [0.05, 0.1) is 0 Å². The van der Waals surface area contributed by atoms with Gasteiger partial charge in [-0.05, 0) is 11.8 Å². The van der Waals surface area contributed by atoms with Crippen LogP contribution in [0.4, 0.5) is 0 Å². The first-order chi connectivity index (χ1) is 5.47. The van der Waals surface area contributed by atoms with E-state index in [4.69, 9.17) is 4.42 Å². The van der Waals surface area contributed by atoms with E-state index < -0.39 is 0 Å². The van der Waals surface area contributed by atoms with Crippen LogP contribution in [0, 0.1) is 5.41 Å². The van der Waals surface area contributed by atoms with Gasteiger partial charge >= 0.3 is 0 Å². The second-order valence-corrected chi connectivity index (χ2v) is 4.69. The third kappa shape index (κ3) is 3.34. The second-order valence-electron chi connectivity index (χ2n) is 4.01. The number of hydrogen-bond donors (Lipinski definition) is 0. The summed E-state index contributed by atoms with van der Waals surface area (Å²) in [6.45, 7) is 6.58. The topological polar surface area (TPSA) is 38.9 Å². The Morgan fingerprint density at radius 1 is 1.33 bits per heavy atom. The molecule has 1 aromatic rings. The lowest BCUT2D eigenvalue weighted by Gasteiger charge is -2.15. The molecule has 0 spiro atoms. The summed E-state index contributed by atoms with van der Waals surface area (Å²) < 4.78 is 5.17. The number of halogens is 1. The van der Waals surface area contributed by atoms with E-state index in [-0.39, 0.29) is 0 Å². The lowest BCUT2D eigenvalue weighted by Crippen LogP contribution is -2.06. The zero-order chi connectivity index (χ0) is 9.19. The van der Waals surface area contributed by atoms with Gasteiger partial charge in [-0.3, -0.25) is 0 Å². The molecule has 0 amide bonds. The highest BCUT2D eigenvalue weighted by atomic mass is 79.9. The van der Waals surface area contributed by atoms with Crippen LogP contribution in [-0.2, 0) is 6.42 Å². The van der Waals surface area contributed by atoms with Crippen LogP contribution in [0.15, 0.2) is 9.22 Å². The van der Waals surface area contributed by atoms with Gasteiger partial charge in [0.1, 0.15) is 0 Å². The van der Waals surface area contributed by atoms with E-state index >= 15 is 0 Å². The zero-order valence-corrected chi connectivity index (χ0v) is 9.18. The molecule has 0 saturated heterocycles. The molecule has 1 rings (SSSR count). The van der Waals surface area contributed by atoms with Crippen LogP contribution in [0.2, 0.25) is 0 Å². The molecule has 0 saturated carbocycles. The lowest BCUT2D eigenvalue weighted by atomic mass is 9.91. The monoisotopic (exact) mass is 232 g/mol. The normalized spacial score (nSPS) is 12.0. The number of hydrogen-bond acceptors (Lipinski definition) is 3. The van der Waals surface area contributed by atoms with Crippen molar-refractivity contribution in [2.75, 3.05) is 0 Å². The first kappa shape index (κ1) is 9.71. The molecular weight excluding hydrogens is 220 g/mol. The van der Waals surface area contributed by atoms with Crippen molar-refractivity contribution in [1.29, 1.82) is 0 Å². The van der Waals surface area contributed by atoms with Gasteiger partial charge < -0.3 is 4.42 Å². The summed E-state index contributed by atoms with van der Waals surface area (Å²) in [7, 11) is 0. The summed E-state index contributed by atoms with van der Waals surface area (Å²) in [5.41, 5.74) is 0.320. The molecule has 1 heterocycles. The molecule has 0 fully saturated rings. The highest BCUT2D eigenvalue weighted by Gasteiger charge is 2.12. The van der Waals surface area contributed by atoms with E-state index in [1.54, 1.807) is 0 Å². The summed E-state index contributed by atoms with van der Waals surface area (Å²) in [6, 6.07) is 0. The van der Waals surface area contributed by atoms with Crippen LogP contribution in [0.3, 0.4) is 0 Å². The average molecular weight is 233 g/mol. The maximum absolute atomic E-state index is 5.17. The first-order valence-electron chi connectivity index (χ1n) is 3.95. The molecule has 3 nitrogen and oxygen atoms in total. The maximum Gasteiger partial charge on any atom is 0.284 e. The molecule has 4 heteroatoms. The third-order valence-electron chi connectivity index (χ3n) is 1.53. The van der Waals surface area contributed by atoms with E-state index in [1.165, 1.54) is 0 Å². The van der Waals surface area contributed by atoms with E-state index in [1.807, 2.05) is 0 Å². The van der Waals surface area contributed by atoms with E-state index in [0.717, 1.165) is 12.8 Å². The van der Waals surface area contributed by atoms with Crippen molar-refractivity contribution in [3.05, 3.63) is 10.7 Å². The Balaban J connectivity index is 2.44.